The van der Waals surface area contributed by atoms with Crippen molar-refractivity contribution in [2.45, 2.75) is 63.5 Å². The third-order valence-corrected chi connectivity index (χ3v) is 7.63. The Bertz CT molecular complexity index is 785. The number of hydrogen-bond donors (Lipinski definition) is 1. The summed E-state index contributed by atoms with van der Waals surface area (Å²) in [6, 6.07) is 8.36. The van der Waals surface area contributed by atoms with E-state index >= 15 is 0 Å². The number of rotatable bonds is 5. The van der Waals surface area contributed by atoms with Crippen LogP contribution in [-0.4, -0.2) is 78.6 Å². The molecule has 2 saturated heterocycles. The van der Waals surface area contributed by atoms with E-state index in [-0.39, 0.29) is 23.5 Å². The van der Waals surface area contributed by atoms with Crippen molar-refractivity contribution >= 4 is 11.9 Å². The molecule has 2 aliphatic heterocycles. The number of carbonyl (C=O) groups is 2. The fourth-order valence-electron chi connectivity index (χ4n) is 5.91. The van der Waals surface area contributed by atoms with E-state index in [1.807, 2.05) is 21.9 Å². The lowest BCUT2D eigenvalue weighted by atomic mass is 9.78. The van der Waals surface area contributed by atoms with Gasteiger partial charge in [0.2, 0.25) is 5.91 Å². The second-order valence-corrected chi connectivity index (χ2v) is 9.60. The van der Waals surface area contributed by atoms with Crippen molar-refractivity contribution in [3.05, 3.63) is 29.8 Å². The fourth-order valence-corrected chi connectivity index (χ4v) is 5.91. The Morgan fingerprint density at radius 3 is 2.31 bits per heavy atom. The first-order valence-electron chi connectivity index (χ1n) is 12.2. The zero-order valence-electron chi connectivity index (χ0n) is 19.6. The standard InChI is InChI=1S/C25H38N4O3/c1-20(30)29-17-16-28(19-25(29)12-4-3-5-13-25)24(31)26-18-23(27-14-6-7-15-27)21-8-10-22(32-2)11-9-21/h8-11,23H,3-7,12-19H2,1-2H3,(H,26,31). The van der Waals surface area contributed by atoms with Crippen molar-refractivity contribution in [2.24, 2.45) is 0 Å². The molecular weight excluding hydrogens is 404 g/mol. The lowest BCUT2D eigenvalue weighted by Gasteiger charge is -2.52. The molecule has 1 spiro atoms. The van der Waals surface area contributed by atoms with Crippen LogP contribution in [0, 0.1) is 0 Å². The summed E-state index contributed by atoms with van der Waals surface area (Å²) in [5, 5.41) is 3.23. The van der Waals surface area contributed by atoms with E-state index in [2.05, 4.69) is 22.3 Å². The summed E-state index contributed by atoms with van der Waals surface area (Å²) >= 11 is 0. The van der Waals surface area contributed by atoms with E-state index < -0.39 is 0 Å². The zero-order valence-corrected chi connectivity index (χ0v) is 19.6. The fraction of sp³-hybridized carbons (Fsp3) is 0.680. The zero-order chi connectivity index (χ0) is 22.6. The van der Waals surface area contributed by atoms with Gasteiger partial charge < -0.3 is 19.9 Å². The normalized spacial score (nSPS) is 22.1. The van der Waals surface area contributed by atoms with Gasteiger partial charge in [-0.05, 0) is 56.5 Å². The minimum atomic E-state index is -0.177. The van der Waals surface area contributed by atoms with Crippen LogP contribution in [0.2, 0.25) is 0 Å². The maximum atomic E-state index is 13.2. The summed E-state index contributed by atoms with van der Waals surface area (Å²) in [6.07, 6.45) is 7.89. The maximum absolute atomic E-state index is 13.2. The van der Waals surface area contributed by atoms with Crippen LogP contribution >= 0.6 is 0 Å². The van der Waals surface area contributed by atoms with Gasteiger partial charge in [0.1, 0.15) is 5.75 Å². The molecule has 1 aliphatic carbocycles. The van der Waals surface area contributed by atoms with Crippen molar-refractivity contribution in [3.8, 4) is 5.75 Å². The number of carbonyl (C=O) groups excluding carboxylic acids is 2. The number of benzene rings is 1. The maximum Gasteiger partial charge on any atom is 0.317 e. The highest BCUT2D eigenvalue weighted by atomic mass is 16.5. The Balaban J connectivity index is 1.42. The number of methoxy groups -OCH3 is 1. The van der Waals surface area contributed by atoms with Gasteiger partial charge in [-0.2, -0.15) is 0 Å². The number of nitrogens with one attached hydrogen (secondary N) is 1. The molecule has 176 valence electrons. The predicted octanol–water partition coefficient (Wildman–Crippen LogP) is 3.41. The van der Waals surface area contributed by atoms with Gasteiger partial charge in [-0.1, -0.05) is 31.4 Å². The molecule has 0 radical (unpaired) electrons. The monoisotopic (exact) mass is 442 g/mol. The van der Waals surface area contributed by atoms with Gasteiger partial charge in [0.25, 0.3) is 0 Å². The SMILES string of the molecule is COc1ccc(C(CNC(=O)N2CCN(C(C)=O)C3(CCCCC3)C2)N2CCCC2)cc1. The van der Waals surface area contributed by atoms with Crippen LogP contribution in [0.4, 0.5) is 4.79 Å². The molecular formula is C25H38N4O3. The summed E-state index contributed by atoms with van der Waals surface area (Å²) < 4.78 is 5.31. The molecule has 0 bridgehead atoms. The summed E-state index contributed by atoms with van der Waals surface area (Å²) in [4.78, 5) is 32.0. The van der Waals surface area contributed by atoms with Gasteiger partial charge in [-0.3, -0.25) is 9.69 Å². The van der Waals surface area contributed by atoms with E-state index in [1.165, 1.54) is 24.8 Å². The molecule has 3 aliphatic rings. The van der Waals surface area contributed by atoms with Gasteiger partial charge in [0.05, 0.1) is 18.7 Å². The molecule has 1 unspecified atom stereocenters. The van der Waals surface area contributed by atoms with Gasteiger partial charge in [0.15, 0.2) is 0 Å². The van der Waals surface area contributed by atoms with Crippen molar-refractivity contribution in [2.75, 3.05) is 46.4 Å². The number of ether oxygens (including phenoxy) is 1. The highest BCUT2D eigenvalue weighted by Gasteiger charge is 2.44. The van der Waals surface area contributed by atoms with Crippen molar-refractivity contribution in [3.63, 3.8) is 0 Å². The van der Waals surface area contributed by atoms with Gasteiger partial charge in [-0.15, -0.1) is 0 Å². The van der Waals surface area contributed by atoms with E-state index in [0.717, 1.165) is 44.5 Å². The summed E-state index contributed by atoms with van der Waals surface area (Å²) in [5.41, 5.74) is 1.03. The smallest absolute Gasteiger partial charge is 0.317 e. The Kier molecular flexibility index (Phi) is 7.23. The van der Waals surface area contributed by atoms with Crippen LogP contribution in [0.1, 0.15) is 63.5 Å². The van der Waals surface area contributed by atoms with Crippen molar-refractivity contribution in [1.82, 2.24) is 20.0 Å². The number of amides is 3. The molecule has 2 heterocycles. The Hall–Kier alpha value is -2.28. The van der Waals surface area contributed by atoms with E-state index in [4.69, 9.17) is 4.74 Å². The van der Waals surface area contributed by atoms with E-state index in [0.29, 0.717) is 26.2 Å². The average molecular weight is 443 g/mol. The highest BCUT2D eigenvalue weighted by molar-refractivity contribution is 5.77. The minimum Gasteiger partial charge on any atom is -0.497 e. The van der Waals surface area contributed by atoms with Gasteiger partial charge in [-0.25, -0.2) is 4.79 Å². The second kappa shape index (κ2) is 10.1. The summed E-state index contributed by atoms with van der Waals surface area (Å²) in [5.74, 6) is 0.986. The molecule has 7 heteroatoms. The third-order valence-electron chi connectivity index (χ3n) is 7.63. The largest absolute Gasteiger partial charge is 0.497 e. The third kappa shape index (κ3) is 4.87. The molecule has 1 aromatic carbocycles. The topological polar surface area (TPSA) is 65.1 Å². The minimum absolute atomic E-state index is 0.00383. The van der Waals surface area contributed by atoms with Crippen LogP contribution in [0.3, 0.4) is 0 Å². The van der Waals surface area contributed by atoms with Crippen LogP contribution in [0.25, 0.3) is 0 Å². The molecule has 1 saturated carbocycles. The summed E-state index contributed by atoms with van der Waals surface area (Å²) in [7, 11) is 1.68. The van der Waals surface area contributed by atoms with E-state index in [1.54, 1.807) is 14.0 Å². The van der Waals surface area contributed by atoms with Crippen LogP contribution in [0.5, 0.6) is 5.75 Å². The highest BCUT2D eigenvalue weighted by Crippen LogP contribution is 2.37. The molecule has 0 aromatic heterocycles. The molecule has 1 atom stereocenters. The molecule has 1 N–H and O–H groups in total. The first kappa shape index (κ1) is 22.9. The quantitative estimate of drug-likeness (QED) is 0.759. The first-order chi connectivity index (χ1) is 15.5. The Morgan fingerprint density at radius 2 is 1.69 bits per heavy atom. The van der Waals surface area contributed by atoms with Crippen molar-refractivity contribution in [1.29, 1.82) is 0 Å². The lowest BCUT2D eigenvalue weighted by Crippen LogP contribution is -2.66. The predicted molar refractivity (Wildman–Crippen MR) is 125 cm³/mol. The molecule has 1 aromatic rings. The first-order valence-corrected chi connectivity index (χ1v) is 12.2. The lowest BCUT2D eigenvalue weighted by molar-refractivity contribution is -0.141. The van der Waals surface area contributed by atoms with Gasteiger partial charge >= 0.3 is 6.03 Å². The molecule has 4 rings (SSSR count). The van der Waals surface area contributed by atoms with Gasteiger partial charge in [0, 0.05) is 33.1 Å². The summed E-state index contributed by atoms with van der Waals surface area (Å²) in [6.45, 7) is 6.27. The second-order valence-electron chi connectivity index (χ2n) is 9.60. The van der Waals surface area contributed by atoms with Crippen LogP contribution in [-0.2, 0) is 4.79 Å². The molecule has 7 nitrogen and oxygen atoms in total. The molecule has 3 amide bonds. The number of likely N-dealkylation sites (tertiary alicyclic amines) is 1. The number of urea groups is 1. The number of nitrogens with zero attached hydrogens (tertiary/aromatic N) is 3. The Labute approximate surface area is 192 Å². The van der Waals surface area contributed by atoms with Crippen molar-refractivity contribution < 1.29 is 14.3 Å². The number of piperazine rings is 1. The van der Waals surface area contributed by atoms with Crippen LogP contribution < -0.4 is 10.1 Å². The molecule has 3 fully saturated rings. The van der Waals surface area contributed by atoms with Crippen LogP contribution in [0.15, 0.2) is 24.3 Å². The Morgan fingerprint density at radius 1 is 1.00 bits per heavy atom. The average Bonchev–Trinajstić information content (AvgIpc) is 3.34. The number of hydrogen-bond acceptors (Lipinski definition) is 4. The van der Waals surface area contributed by atoms with E-state index in [9.17, 15) is 9.59 Å². The molecule has 32 heavy (non-hydrogen) atoms.